The van der Waals surface area contributed by atoms with Crippen molar-refractivity contribution in [3.05, 3.63) is 34.9 Å². The van der Waals surface area contributed by atoms with Crippen LogP contribution in [0.2, 0.25) is 5.02 Å². The summed E-state index contributed by atoms with van der Waals surface area (Å²) in [5, 5.41) is 23.7. The molecular weight excluding hydrogens is 440 g/mol. The van der Waals surface area contributed by atoms with Crippen molar-refractivity contribution >= 4 is 29.3 Å². The van der Waals surface area contributed by atoms with E-state index >= 15 is 0 Å². The van der Waals surface area contributed by atoms with Crippen molar-refractivity contribution < 1.29 is 9.53 Å². The third-order valence-electron chi connectivity index (χ3n) is 4.50. The quantitative estimate of drug-likeness (QED) is 0.360. The number of aromatic nitrogens is 7. The van der Waals surface area contributed by atoms with Crippen LogP contribution in [-0.4, -0.2) is 60.8 Å². The van der Waals surface area contributed by atoms with Gasteiger partial charge in [-0.2, -0.15) is 4.68 Å². The second kappa shape index (κ2) is 10.6. The molecule has 3 aromatic rings. The van der Waals surface area contributed by atoms with Crippen molar-refractivity contribution in [2.45, 2.75) is 38.4 Å². The van der Waals surface area contributed by atoms with Gasteiger partial charge in [0.15, 0.2) is 5.16 Å². The number of hydrogen-bond donors (Lipinski definition) is 1. The van der Waals surface area contributed by atoms with E-state index in [1.807, 2.05) is 6.26 Å². The molecule has 12 heteroatoms. The summed E-state index contributed by atoms with van der Waals surface area (Å²) in [5.41, 5.74) is 0.867. The Kier molecular flexibility index (Phi) is 7.85. The maximum absolute atomic E-state index is 12.7. The number of thioether (sulfide) groups is 1. The van der Waals surface area contributed by atoms with Crippen LogP contribution in [0.5, 0.6) is 5.75 Å². The maximum atomic E-state index is 12.7. The first-order valence-corrected chi connectivity index (χ1v) is 11.4. The Labute approximate surface area is 189 Å². The highest BCUT2D eigenvalue weighted by molar-refractivity contribution is 7.98. The van der Waals surface area contributed by atoms with Gasteiger partial charge in [-0.1, -0.05) is 37.2 Å². The Balaban J connectivity index is 1.63. The van der Waals surface area contributed by atoms with Gasteiger partial charge in [0, 0.05) is 25.6 Å². The lowest BCUT2D eigenvalue weighted by molar-refractivity contribution is 0.0950. The molecule has 31 heavy (non-hydrogen) atoms. The molecule has 3 rings (SSSR count). The van der Waals surface area contributed by atoms with Crippen molar-refractivity contribution in [1.29, 1.82) is 0 Å². The summed E-state index contributed by atoms with van der Waals surface area (Å²) in [6.45, 7) is 5.68. The van der Waals surface area contributed by atoms with Crippen molar-refractivity contribution in [1.82, 2.24) is 40.3 Å². The first-order valence-electron chi connectivity index (χ1n) is 9.79. The lowest BCUT2D eigenvalue weighted by atomic mass is 10.1. The van der Waals surface area contributed by atoms with Crippen LogP contribution >= 0.6 is 23.4 Å². The summed E-state index contributed by atoms with van der Waals surface area (Å²) in [5.74, 6) is 1.54. The highest BCUT2D eigenvalue weighted by atomic mass is 35.5. The largest absolute Gasteiger partial charge is 0.496 e. The monoisotopic (exact) mass is 464 g/mol. The molecule has 0 aliphatic rings. The molecule has 1 aromatic carbocycles. The van der Waals surface area contributed by atoms with E-state index in [9.17, 15) is 4.79 Å². The molecule has 0 saturated carbocycles. The van der Waals surface area contributed by atoms with Crippen LogP contribution in [-0.2, 0) is 13.0 Å². The van der Waals surface area contributed by atoms with Crippen LogP contribution in [0.15, 0.2) is 23.6 Å². The lowest BCUT2D eigenvalue weighted by Gasteiger charge is -2.13. The zero-order valence-electron chi connectivity index (χ0n) is 17.9. The molecular formula is C19H25ClN8O2S. The van der Waals surface area contributed by atoms with E-state index in [0.717, 1.165) is 30.4 Å². The number of nitrogens with zero attached hydrogens (tertiary/aromatic N) is 7. The van der Waals surface area contributed by atoms with Gasteiger partial charge in [0.2, 0.25) is 0 Å². The van der Waals surface area contributed by atoms with Crippen molar-refractivity contribution in [3.8, 4) is 11.4 Å². The highest BCUT2D eigenvalue weighted by Gasteiger charge is 2.18. The van der Waals surface area contributed by atoms with Gasteiger partial charge < -0.3 is 14.6 Å². The summed E-state index contributed by atoms with van der Waals surface area (Å²) in [4.78, 5) is 12.7. The SMILES string of the molecule is COc1cc(-n2cnnn2)c(Cl)cc1C(=O)NCCCc1nnc(SC)n1CC(C)C. The number of hydrogen-bond acceptors (Lipinski definition) is 8. The van der Waals surface area contributed by atoms with Gasteiger partial charge in [0.1, 0.15) is 17.9 Å². The number of carbonyl (C=O) groups is 1. The van der Waals surface area contributed by atoms with Gasteiger partial charge in [0.25, 0.3) is 5.91 Å². The Bertz CT molecular complexity index is 1020. The third kappa shape index (κ3) is 5.53. The Morgan fingerprint density at radius 1 is 1.32 bits per heavy atom. The number of rotatable bonds is 10. The predicted octanol–water partition coefficient (Wildman–Crippen LogP) is 2.66. The second-order valence-electron chi connectivity index (χ2n) is 7.23. The fourth-order valence-electron chi connectivity index (χ4n) is 3.08. The van der Waals surface area contributed by atoms with E-state index in [2.05, 4.69) is 49.5 Å². The number of benzene rings is 1. The molecule has 0 saturated heterocycles. The van der Waals surface area contributed by atoms with E-state index < -0.39 is 0 Å². The normalized spacial score (nSPS) is 11.2. The fourth-order valence-corrected chi connectivity index (χ4v) is 3.86. The van der Waals surface area contributed by atoms with E-state index in [-0.39, 0.29) is 5.91 Å². The molecule has 166 valence electrons. The molecule has 0 atom stereocenters. The van der Waals surface area contributed by atoms with Crippen molar-refractivity contribution in [2.75, 3.05) is 19.9 Å². The van der Waals surface area contributed by atoms with Crippen molar-refractivity contribution in [2.24, 2.45) is 5.92 Å². The molecule has 0 fully saturated rings. The fraction of sp³-hybridized carbons (Fsp3) is 0.474. The van der Waals surface area contributed by atoms with Crippen LogP contribution in [0, 0.1) is 5.92 Å². The topological polar surface area (TPSA) is 113 Å². The number of methoxy groups -OCH3 is 1. The number of nitrogens with one attached hydrogen (secondary N) is 1. The minimum absolute atomic E-state index is 0.268. The summed E-state index contributed by atoms with van der Waals surface area (Å²) in [6.07, 6.45) is 4.86. The molecule has 2 heterocycles. The zero-order valence-corrected chi connectivity index (χ0v) is 19.4. The van der Waals surface area contributed by atoms with E-state index in [1.54, 1.807) is 23.9 Å². The molecule has 0 bridgehead atoms. The minimum atomic E-state index is -0.268. The van der Waals surface area contributed by atoms with E-state index in [4.69, 9.17) is 16.3 Å². The van der Waals surface area contributed by atoms with E-state index in [0.29, 0.717) is 34.5 Å². The number of tetrazole rings is 1. The first-order chi connectivity index (χ1) is 14.9. The van der Waals surface area contributed by atoms with Crippen LogP contribution in [0.3, 0.4) is 0 Å². The molecule has 0 aliphatic heterocycles. The van der Waals surface area contributed by atoms with Crippen LogP contribution in [0.1, 0.15) is 36.5 Å². The Morgan fingerprint density at radius 3 is 2.77 bits per heavy atom. The molecule has 2 aromatic heterocycles. The molecule has 0 unspecified atom stereocenters. The van der Waals surface area contributed by atoms with Gasteiger partial charge in [-0.05, 0) is 35.1 Å². The molecule has 1 N–H and O–H groups in total. The van der Waals surface area contributed by atoms with Gasteiger partial charge in [0.05, 0.1) is 23.4 Å². The number of aryl methyl sites for hydroxylation is 1. The third-order valence-corrected chi connectivity index (χ3v) is 5.47. The zero-order chi connectivity index (χ0) is 22.4. The number of ether oxygens (including phenoxy) is 1. The molecule has 10 nitrogen and oxygen atoms in total. The number of amides is 1. The summed E-state index contributed by atoms with van der Waals surface area (Å²) < 4.78 is 8.93. The van der Waals surface area contributed by atoms with Gasteiger partial charge in [-0.15, -0.1) is 15.3 Å². The Hall–Kier alpha value is -2.66. The average molecular weight is 465 g/mol. The van der Waals surface area contributed by atoms with Crippen LogP contribution in [0.25, 0.3) is 5.69 Å². The van der Waals surface area contributed by atoms with Gasteiger partial charge in [-0.25, -0.2) is 0 Å². The second-order valence-corrected chi connectivity index (χ2v) is 8.41. The van der Waals surface area contributed by atoms with Crippen LogP contribution in [0.4, 0.5) is 0 Å². The number of carbonyl (C=O) groups excluding carboxylic acids is 1. The number of halogens is 1. The summed E-state index contributed by atoms with van der Waals surface area (Å²) in [7, 11) is 1.49. The average Bonchev–Trinajstić information content (AvgIpc) is 3.41. The maximum Gasteiger partial charge on any atom is 0.255 e. The van der Waals surface area contributed by atoms with Gasteiger partial charge >= 0.3 is 0 Å². The molecule has 0 radical (unpaired) electrons. The minimum Gasteiger partial charge on any atom is -0.496 e. The molecule has 0 spiro atoms. The van der Waals surface area contributed by atoms with Crippen molar-refractivity contribution in [3.63, 3.8) is 0 Å². The van der Waals surface area contributed by atoms with E-state index in [1.165, 1.54) is 18.1 Å². The lowest BCUT2D eigenvalue weighted by Crippen LogP contribution is -2.25. The van der Waals surface area contributed by atoms with Gasteiger partial charge in [-0.3, -0.25) is 4.79 Å². The first kappa shape index (κ1) is 23.0. The Morgan fingerprint density at radius 2 is 2.13 bits per heavy atom. The predicted molar refractivity (Wildman–Crippen MR) is 118 cm³/mol. The van der Waals surface area contributed by atoms with Crippen LogP contribution < -0.4 is 10.1 Å². The smallest absolute Gasteiger partial charge is 0.255 e. The standard InChI is InChI=1S/C19H25ClN8O2S/c1-12(2)10-27-17(23-24-19(27)31-4)6-5-7-21-18(29)13-8-14(20)15(9-16(13)30-3)28-11-22-25-26-28/h8-9,11-12H,5-7,10H2,1-4H3,(H,21,29). The molecule has 0 aliphatic carbocycles. The summed E-state index contributed by atoms with van der Waals surface area (Å²) in [6, 6.07) is 3.18. The summed E-state index contributed by atoms with van der Waals surface area (Å²) >= 11 is 7.92. The molecule has 1 amide bonds. The highest BCUT2D eigenvalue weighted by Crippen LogP contribution is 2.29.